The first kappa shape index (κ1) is 11.9. The Morgan fingerprint density at radius 1 is 1.41 bits per heavy atom. The van der Waals surface area contributed by atoms with Crippen molar-refractivity contribution in [2.45, 2.75) is 19.3 Å². The van der Waals surface area contributed by atoms with Crippen molar-refractivity contribution in [3.63, 3.8) is 0 Å². The Balaban J connectivity index is 2.01. The molecule has 0 spiro atoms. The molecule has 2 unspecified atom stereocenters. The second kappa shape index (κ2) is 5.15. The molecular weight excluding hydrogens is 214 g/mol. The Bertz CT molecular complexity index is 425. The largest absolute Gasteiger partial charge is 0.292 e. The highest BCUT2D eigenvalue weighted by atomic mass is 16.6. The minimum atomic E-state index is 0.103. The summed E-state index contributed by atoms with van der Waals surface area (Å²) in [5.74, 6) is 0.617. The van der Waals surface area contributed by atoms with Gasteiger partial charge >= 0.3 is 0 Å². The fourth-order valence-corrected chi connectivity index (χ4v) is 2.11. The lowest BCUT2D eigenvalue weighted by Gasteiger charge is -2.06. The highest BCUT2D eigenvalue weighted by molar-refractivity contribution is 5.98. The second-order valence-electron chi connectivity index (χ2n) is 4.23. The molecule has 1 aliphatic carbocycles. The fourth-order valence-electron chi connectivity index (χ4n) is 2.11. The summed E-state index contributed by atoms with van der Waals surface area (Å²) >= 11 is 0. The first-order valence-electron chi connectivity index (χ1n) is 5.82. The van der Waals surface area contributed by atoms with Crippen LogP contribution in [0, 0.1) is 5.92 Å². The maximum Gasteiger partial charge on any atom is 0.184 e. The van der Waals surface area contributed by atoms with Gasteiger partial charge in [-0.2, -0.15) is 0 Å². The van der Waals surface area contributed by atoms with Gasteiger partial charge in [-0.15, -0.1) is 0 Å². The minimum absolute atomic E-state index is 0.103. The van der Waals surface area contributed by atoms with E-state index in [1.54, 1.807) is 6.08 Å². The zero-order chi connectivity index (χ0) is 12.3. The molecule has 0 bridgehead atoms. The summed E-state index contributed by atoms with van der Waals surface area (Å²) in [5.41, 5.74) is 4.44. The van der Waals surface area contributed by atoms with E-state index < -0.39 is 0 Å². The van der Waals surface area contributed by atoms with E-state index in [1.165, 1.54) is 12.7 Å². The van der Waals surface area contributed by atoms with Gasteiger partial charge in [0, 0.05) is 5.92 Å². The third-order valence-electron chi connectivity index (χ3n) is 3.12. The van der Waals surface area contributed by atoms with E-state index in [2.05, 4.69) is 17.6 Å². The lowest BCUT2D eigenvalue weighted by molar-refractivity contribution is -0.118. The molecule has 0 heterocycles. The molecule has 1 aromatic carbocycles. The minimum Gasteiger partial charge on any atom is -0.292 e. The van der Waals surface area contributed by atoms with Crippen molar-refractivity contribution in [3.05, 3.63) is 47.7 Å². The number of allylic oxidation sites excluding steroid dienone is 2. The molecule has 0 aromatic heterocycles. The third-order valence-corrected chi connectivity index (χ3v) is 3.12. The Labute approximate surface area is 101 Å². The van der Waals surface area contributed by atoms with Crippen molar-refractivity contribution in [2.75, 3.05) is 7.11 Å². The van der Waals surface area contributed by atoms with Crippen LogP contribution in [0.2, 0.25) is 0 Å². The van der Waals surface area contributed by atoms with Crippen LogP contribution in [-0.4, -0.2) is 12.9 Å². The van der Waals surface area contributed by atoms with Gasteiger partial charge in [0.15, 0.2) is 5.78 Å². The number of nitrogens with one attached hydrogen (secondary N) is 1. The summed E-state index contributed by atoms with van der Waals surface area (Å²) in [6.07, 6.45) is 2.69. The van der Waals surface area contributed by atoms with Crippen LogP contribution >= 0.6 is 0 Å². The number of hydroxylamine groups is 1. The van der Waals surface area contributed by atoms with Crippen LogP contribution < -0.4 is 5.48 Å². The molecule has 90 valence electrons. The molecule has 0 radical (unpaired) electrons. The average molecular weight is 231 g/mol. The van der Waals surface area contributed by atoms with Crippen LogP contribution in [0.5, 0.6) is 0 Å². The van der Waals surface area contributed by atoms with Gasteiger partial charge in [0.05, 0.1) is 12.8 Å². The van der Waals surface area contributed by atoms with Crippen LogP contribution in [0.3, 0.4) is 0 Å². The van der Waals surface area contributed by atoms with Crippen LogP contribution in [0.1, 0.15) is 24.8 Å². The molecule has 3 nitrogen and oxygen atoms in total. The first-order valence-corrected chi connectivity index (χ1v) is 5.82. The molecule has 1 aromatic rings. The molecule has 0 amide bonds. The number of hydrogen-bond acceptors (Lipinski definition) is 3. The molecule has 0 aliphatic heterocycles. The van der Waals surface area contributed by atoms with E-state index in [9.17, 15) is 4.79 Å². The summed E-state index contributed by atoms with van der Waals surface area (Å²) in [5, 5.41) is 0. The molecule has 2 rings (SSSR count). The zero-order valence-electron chi connectivity index (χ0n) is 10.1. The van der Waals surface area contributed by atoms with Crippen LogP contribution in [0.4, 0.5) is 0 Å². The molecule has 0 saturated heterocycles. The maximum atomic E-state index is 12.1. The standard InChI is InChI=1S/C14H17NO2/c1-3-13(15-17-2)14(16)12-9-11(12)10-7-5-4-6-8-10/h3-8,11-12,15H,9H2,1-2H3. The Morgan fingerprint density at radius 2 is 2.12 bits per heavy atom. The monoisotopic (exact) mass is 231 g/mol. The van der Waals surface area contributed by atoms with Crippen molar-refractivity contribution >= 4 is 5.78 Å². The smallest absolute Gasteiger partial charge is 0.184 e. The van der Waals surface area contributed by atoms with Crippen LogP contribution in [0.25, 0.3) is 0 Å². The van der Waals surface area contributed by atoms with Crippen molar-refractivity contribution in [1.29, 1.82) is 0 Å². The van der Waals surface area contributed by atoms with E-state index in [4.69, 9.17) is 4.84 Å². The normalized spacial score (nSPS) is 23.3. The molecule has 2 atom stereocenters. The van der Waals surface area contributed by atoms with Gasteiger partial charge in [-0.1, -0.05) is 36.4 Å². The zero-order valence-corrected chi connectivity index (χ0v) is 10.1. The molecule has 17 heavy (non-hydrogen) atoms. The number of benzene rings is 1. The van der Waals surface area contributed by atoms with Crippen LogP contribution in [-0.2, 0) is 9.63 Å². The van der Waals surface area contributed by atoms with Gasteiger partial charge in [0.25, 0.3) is 0 Å². The van der Waals surface area contributed by atoms with Crippen LogP contribution in [0.15, 0.2) is 42.1 Å². The SMILES string of the molecule is CC=C(NOC)C(=O)C1CC1c1ccccc1. The number of Topliss-reactive ketones (excluding diaryl/α,β-unsaturated/α-hetero) is 1. The summed E-state index contributed by atoms with van der Waals surface area (Å²) in [6, 6.07) is 10.2. The first-order chi connectivity index (χ1) is 8.27. The highest BCUT2D eigenvalue weighted by Crippen LogP contribution is 2.48. The van der Waals surface area contributed by atoms with E-state index in [0.29, 0.717) is 11.6 Å². The topological polar surface area (TPSA) is 38.3 Å². The van der Waals surface area contributed by atoms with E-state index in [-0.39, 0.29) is 11.7 Å². The maximum absolute atomic E-state index is 12.1. The summed E-state index contributed by atoms with van der Waals surface area (Å²) < 4.78 is 0. The summed E-state index contributed by atoms with van der Waals surface area (Å²) in [7, 11) is 1.51. The van der Waals surface area contributed by atoms with Gasteiger partial charge < -0.3 is 0 Å². The number of carbonyl (C=O) groups is 1. The van der Waals surface area contributed by atoms with Crippen molar-refractivity contribution in [3.8, 4) is 0 Å². The number of hydrogen-bond donors (Lipinski definition) is 1. The molecular formula is C14H17NO2. The Hall–Kier alpha value is -1.61. The highest BCUT2D eigenvalue weighted by Gasteiger charge is 2.44. The Kier molecular flexibility index (Phi) is 3.59. The van der Waals surface area contributed by atoms with Gasteiger partial charge in [-0.25, -0.2) is 0 Å². The average Bonchev–Trinajstić information content (AvgIpc) is 3.16. The second-order valence-corrected chi connectivity index (χ2v) is 4.23. The number of carbonyl (C=O) groups excluding carboxylic acids is 1. The van der Waals surface area contributed by atoms with Crippen molar-refractivity contribution in [1.82, 2.24) is 5.48 Å². The predicted molar refractivity (Wildman–Crippen MR) is 66.2 cm³/mol. The van der Waals surface area contributed by atoms with E-state index in [1.807, 2.05) is 25.1 Å². The molecule has 1 fully saturated rings. The van der Waals surface area contributed by atoms with Crippen molar-refractivity contribution in [2.24, 2.45) is 5.92 Å². The van der Waals surface area contributed by atoms with Gasteiger partial charge in [0.1, 0.15) is 0 Å². The molecule has 3 heteroatoms. The van der Waals surface area contributed by atoms with Gasteiger partial charge in [0.2, 0.25) is 0 Å². The van der Waals surface area contributed by atoms with Gasteiger partial charge in [-0.3, -0.25) is 15.1 Å². The lowest BCUT2D eigenvalue weighted by atomic mass is 10.1. The number of ketones is 1. The molecule has 1 N–H and O–H groups in total. The third kappa shape index (κ3) is 2.56. The van der Waals surface area contributed by atoms with E-state index in [0.717, 1.165) is 6.42 Å². The molecule has 1 aliphatic rings. The predicted octanol–water partition coefficient (Wildman–Crippen LogP) is 2.41. The van der Waals surface area contributed by atoms with Crippen molar-refractivity contribution < 1.29 is 9.63 Å². The quantitative estimate of drug-likeness (QED) is 0.624. The summed E-state index contributed by atoms with van der Waals surface area (Å²) in [4.78, 5) is 16.9. The summed E-state index contributed by atoms with van der Waals surface area (Å²) in [6.45, 7) is 1.83. The fraction of sp³-hybridized carbons (Fsp3) is 0.357. The van der Waals surface area contributed by atoms with E-state index >= 15 is 0 Å². The molecule has 1 saturated carbocycles. The lowest BCUT2D eigenvalue weighted by Crippen LogP contribution is -2.20. The number of rotatable bonds is 5. The Morgan fingerprint density at radius 3 is 2.71 bits per heavy atom. The van der Waals surface area contributed by atoms with Gasteiger partial charge in [-0.05, 0) is 24.8 Å².